The van der Waals surface area contributed by atoms with Crippen LogP contribution in [0.4, 0.5) is 0 Å². The lowest BCUT2D eigenvalue weighted by Gasteiger charge is -2.27. The summed E-state index contributed by atoms with van der Waals surface area (Å²) < 4.78 is 5.02. The number of hydrogen-bond acceptors (Lipinski definition) is 4. The zero-order valence-corrected chi connectivity index (χ0v) is 12.9. The van der Waals surface area contributed by atoms with E-state index in [1.54, 1.807) is 6.92 Å². The van der Waals surface area contributed by atoms with Crippen molar-refractivity contribution < 1.29 is 19.1 Å². The highest BCUT2D eigenvalue weighted by molar-refractivity contribution is 6.17. The van der Waals surface area contributed by atoms with Gasteiger partial charge in [-0.1, -0.05) is 20.4 Å². The topological polar surface area (TPSA) is 60.4 Å². The molecule has 0 aromatic heterocycles. The fourth-order valence-corrected chi connectivity index (χ4v) is 2.13. The van der Waals surface area contributed by atoms with Crippen LogP contribution in [-0.2, 0) is 19.1 Å². The van der Waals surface area contributed by atoms with Crippen LogP contribution in [0, 0.1) is 5.41 Å². The van der Waals surface area contributed by atoms with Gasteiger partial charge in [0.1, 0.15) is 0 Å². The van der Waals surface area contributed by atoms with Crippen LogP contribution in [0.15, 0.2) is 36.0 Å². The van der Waals surface area contributed by atoms with E-state index in [2.05, 4.69) is 6.58 Å². The Kier molecular flexibility index (Phi) is 5.82. The molecule has 4 heteroatoms. The highest BCUT2D eigenvalue weighted by Gasteiger charge is 2.29. The molecule has 0 amide bonds. The third-order valence-electron chi connectivity index (χ3n) is 3.46. The molecule has 0 spiro atoms. The van der Waals surface area contributed by atoms with E-state index >= 15 is 0 Å². The van der Waals surface area contributed by atoms with Crippen LogP contribution in [0.1, 0.15) is 40.0 Å². The lowest BCUT2D eigenvalue weighted by molar-refractivity contribution is -0.139. The van der Waals surface area contributed by atoms with Crippen LogP contribution in [0.2, 0.25) is 0 Å². The molecular weight excluding hydrogens is 268 g/mol. The van der Waals surface area contributed by atoms with Crippen LogP contribution in [0.25, 0.3) is 0 Å². The zero-order valence-electron chi connectivity index (χ0n) is 12.9. The van der Waals surface area contributed by atoms with Gasteiger partial charge in [0.15, 0.2) is 11.6 Å². The molecule has 0 saturated carbocycles. The van der Waals surface area contributed by atoms with E-state index in [1.165, 1.54) is 18.2 Å². The van der Waals surface area contributed by atoms with Crippen molar-refractivity contribution in [3.05, 3.63) is 36.0 Å². The lowest BCUT2D eigenvalue weighted by Crippen LogP contribution is -2.23. The Morgan fingerprint density at radius 3 is 2.52 bits per heavy atom. The smallest absolute Gasteiger partial charge is 0.333 e. The third-order valence-corrected chi connectivity index (χ3v) is 3.46. The molecule has 0 aromatic rings. The van der Waals surface area contributed by atoms with Gasteiger partial charge in [0.25, 0.3) is 0 Å². The molecule has 0 unspecified atom stereocenters. The Labute approximate surface area is 125 Å². The predicted molar refractivity (Wildman–Crippen MR) is 80.6 cm³/mol. The SMILES string of the molecule is C=C(C)C(=O)OCCCCC(C)(C)C1=CC(=O)C=CC1=O. The van der Waals surface area contributed by atoms with Crippen LogP contribution in [0.5, 0.6) is 0 Å². The summed E-state index contributed by atoms with van der Waals surface area (Å²) in [4.78, 5) is 34.5. The molecule has 0 bridgehead atoms. The van der Waals surface area contributed by atoms with Crippen molar-refractivity contribution in [1.82, 2.24) is 0 Å². The van der Waals surface area contributed by atoms with Crippen molar-refractivity contribution in [2.24, 2.45) is 5.41 Å². The second-order valence-corrected chi connectivity index (χ2v) is 5.92. The van der Waals surface area contributed by atoms with Gasteiger partial charge in [-0.2, -0.15) is 0 Å². The molecule has 4 nitrogen and oxygen atoms in total. The molecule has 114 valence electrons. The van der Waals surface area contributed by atoms with Gasteiger partial charge in [-0.25, -0.2) is 4.79 Å². The van der Waals surface area contributed by atoms with Gasteiger partial charge in [0.2, 0.25) is 0 Å². The number of rotatable bonds is 7. The van der Waals surface area contributed by atoms with E-state index in [0.717, 1.165) is 12.8 Å². The average molecular weight is 290 g/mol. The van der Waals surface area contributed by atoms with Crippen molar-refractivity contribution in [2.45, 2.75) is 40.0 Å². The Balaban J connectivity index is 2.43. The van der Waals surface area contributed by atoms with E-state index in [9.17, 15) is 14.4 Å². The van der Waals surface area contributed by atoms with Crippen LogP contribution in [-0.4, -0.2) is 24.1 Å². The fraction of sp³-hybridized carbons (Fsp3) is 0.471. The molecule has 1 aliphatic rings. The number of esters is 1. The number of ether oxygens (including phenoxy) is 1. The first-order valence-corrected chi connectivity index (χ1v) is 7.05. The van der Waals surface area contributed by atoms with E-state index < -0.39 is 0 Å². The first-order chi connectivity index (χ1) is 9.74. The van der Waals surface area contributed by atoms with Gasteiger partial charge in [-0.05, 0) is 49.8 Å². The van der Waals surface area contributed by atoms with Crippen molar-refractivity contribution in [3.8, 4) is 0 Å². The maximum Gasteiger partial charge on any atom is 0.333 e. The molecule has 0 fully saturated rings. The number of carbonyl (C=O) groups is 3. The molecule has 1 rings (SSSR count). The molecule has 21 heavy (non-hydrogen) atoms. The molecule has 0 aliphatic heterocycles. The average Bonchev–Trinajstić information content (AvgIpc) is 2.40. The minimum Gasteiger partial charge on any atom is -0.462 e. The van der Waals surface area contributed by atoms with Gasteiger partial charge in [0.05, 0.1) is 6.61 Å². The number of carbonyl (C=O) groups excluding carboxylic acids is 3. The van der Waals surface area contributed by atoms with Gasteiger partial charge < -0.3 is 4.74 Å². The summed E-state index contributed by atoms with van der Waals surface area (Å²) >= 11 is 0. The molecule has 1 aliphatic carbocycles. The Hall–Kier alpha value is -1.97. The molecule has 0 atom stereocenters. The normalized spacial score (nSPS) is 14.9. The Morgan fingerprint density at radius 1 is 1.24 bits per heavy atom. The summed E-state index contributed by atoms with van der Waals surface area (Å²) in [5.74, 6) is -0.628. The summed E-state index contributed by atoms with van der Waals surface area (Å²) in [6.45, 7) is 9.36. The molecule has 0 saturated heterocycles. The summed E-state index contributed by atoms with van der Waals surface area (Å²) in [6, 6.07) is 0. The highest BCUT2D eigenvalue weighted by atomic mass is 16.5. The van der Waals surface area contributed by atoms with Gasteiger partial charge >= 0.3 is 5.97 Å². The van der Waals surface area contributed by atoms with Gasteiger partial charge in [-0.15, -0.1) is 0 Å². The molecule has 0 heterocycles. The molecular formula is C17H22O4. The molecule has 0 radical (unpaired) electrons. The van der Waals surface area contributed by atoms with Crippen LogP contribution >= 0.6 is 0 Å². The first kappa shape index (κ1) is 17.1. The standard InChI is InChI=1S/C17H22O4/c1-12(2)16(20)21-10-6-5-9-17(3,4)14-11-13(18)7-8-15(14)19/h7-8,11H,1,5-6,9-10H2,2-4H3. The highest BCUT2D eigenvalue weighted by Crippen LogP contribution is 2.34. The van der Waals surface area contributed by atoms with Gasteiger partial charge in [0, 0.05) is 11.1 Å². The van der Waals surface area contributed by atoms with Crippen molar-refractivity contribution in [3.63, 3.8) is 0 Å². The summed E-state index contributed by atoms with van der Waals surface area (Å²) in [6.07, 6.45) is 6.31. The summed E-state index contributed by atoms with van der Waals surface area (Å²) in [5.41, 5.74) is 0.572. The minimum atomic E-state index is -0.379. The van der Waals surface area contributed by atoms with Crippen molar-refractivity contribution in [1.29, 1.82) is 0 Å². The molecule has 0 aromatic carbocycles. The minimum absolute atomic E-state index is 0.103. The predicted octanol–water partition coefficient (Wildman–Crippen LogP) is 2.94. The van der Waals surface area contributed by atoms with Gasteiger partial charge in [-0.3, -0.25) is 9.59 Å². The third kappa shape index (κ3) is 5.14. The number of unbranched alkanes of at least 4 members (excludes halogenated alkanes) is 1. The second kappa shape index (κ2) is 7.16. The maximum atomic E-state index is 11.9. The summed E-state index contributed by atoms with van der Waals surface area (Å²) in [7, 11) is 0. The van der Waals surface area contributed by atoms with E-state index in [4.69, 9.17) is 4.74 Å². The Morgan fingerprint density at radius 2 is 1.90 bits per heavy atom. The number of ketones is 2. The number of allylic oxidation sites excluding steroid dienone is 4. The Bertz CT molecular complexity index is 521. The largest absolute Gasteiger partial charge is 0.462 e. The lowest BCUT2D eigenvalue weighted by atomic mass is 9.76. The first-order valence-electron chi connectivity index (χ1n) is 7.05. The summed E-state index contributed by atoms with van der Waals surface area (Å²) in [5, 5.41) is 0. The van der Waals surface area contributed by atoms with E-state index in [1.807, 2.05) is 13.8 Å². The number of hydrogen-bond donors (Lipinski definition) is 0. The zero-order chi connectivity index (χ0) is 16.0. The monoisotopic (exact) mass is 290 g/mol. The molecule has 0 N–H and O–H groups in total. The van der Waals surface area contributed by atoms with E-state index in [0.29, 0.717) is 24.2 Å². The second-order valence-electron chi connectivity index (χ2n) is 5.92. The van der Waals surface area contributed by atoms with Crippen LogP contribution < -0.4 is 0 Å². The van der Waals surface area contributed by atoms with Crippen molar-refractivity contribution in [2.75, 3.05) is 6.61 Å². The van der Waals surface area contributed by atoms with Crippen LogP contribution in [0.3, 0.4) is 0 Å². The van der Waals surface area contributed by atoms with Crippen molar-refractivity contribution >= 4 is 17.5 Å². The van der Waals surface area contributed by atoms with E-state index in [-0.39, 0.29) is 23.0 Å². The maximum absolute atomic E-state index is 11.9. The quantitative estimate of drug-likeness (QED) is 0.313. The fourth-order valence-electron chi connectivity index (χ4n) is 2.13.